The van der Waals surface area contributed by atoms with Crippen LogP contribution in [-0.2, 0) is 4.79 Å². The molecule has 2 aromatic carbocycles. The first-order valence-corrected chi connectivity index (χ1v) is 10.7. The molecule has 7 nitrogen and oxygen atoms in total. The average Bonchev–Trinajstić information content (AvgIpc) is 3.68. The van der Waals surface area contributed by atoms with Crippen LogP contribution >= 0.6 is 0 Å². The fourth-order valence-corrected chi connectivity index (χ4v) is 3.91. The second-order valence-corrected chi connectivity index (χ2v) is 7.98. The first-order chi connectivity index (χ1) is 15.5. The van der Waals surface area contributed by atoms with Crippen LogP contribution in [0.2, 0.25) is 0 Å². The van der Waals surface area contributed by atoms with Crippen molar-refractivity contribution >= 4 is 23.1 Å². The summed E-state index contributed by atoms with van der Waals surface area (Å²) in [6, 6.07) is 10.8. The number of ether oxygens (including phenoxy) is 3. The highest BCUT2D eigenvalue weighted by Crippen LogP contribution is 2.41. The van der Waals surface area contributed by atoms with Crippen LogP contribution < -0.4 is 19.5 Å². The van der Waals surface area contributed by atoms with E-state index in [0.29, 0.717) is 48.0 Å². The van der Waals surface area contributed by atoms with E-state index in [1.165, 1.54) is 0 Å². The van der Waals surface area contributed by atoms with Gasteiger partial charge in [-0.1, -0.05) is 12.1 Å². The van der Waals surface area contributed by atoms with Crippen LogP contribution in [0.25, 0.3) is 5.57 Å². The third-order valence-electron chi connectivity index (χ3n) is 5.86. The molecule has 0 spiro atoms. The first kappa shape index (κ1) is 21.7. The van der Waals surface area contributed by atoms with Crippen LogP contribution in [0.1, 0.15) is 35.2 Å². The summed E-state index contributed by atoms with van der Waals surface area (Å²) in [4.78, 5) is 26.9. The standard InChI is InChI=1S/C25H28N2O5/c1-30-20-14-21(31-2)23(22(15-20)32-3)16-9-11-27(12-10-16)25(29)18-5-4-6-19(13-18)26-24(28)17-7-8-17/h4-6,9,13-15,17H,7-8,10-12H2,1-3H3,(H,26,28). The molecule has 1 saturated carbocycles. The molecule has 2 aliphatic rings. The molecule has 1 aliphatic heterocycles. The van der Waals surface area contributed by atoms with Crippen molar-refractivity contribution in [2.24, 2.45) is 5.92 Å². The van der Waals surface area contributed by atoms with E-state index in [4.69, 9.17) is 14.2 Å². The van der Waals surface area contributed by atoms with E-state index in [-0.39, 0.29) is 17.7 Å². The Morgan fingerprint density at radius 3 is 2.28 bits per heavy atom. The van der Waals surface area contributed by atoms with E-state index in [2.05, 4.69) is 5.32 Å². The van der Waals surface area contributed by atoms with Gasteiger partial charge in [0, 0.05) is 42.4 Å². The zero-order chi connectivity index (χ0) is 22.7. The molecule has 0 bridgehead atoms. The summed E-state index contributed by atoms with van der Waals surface area (Å²) < 4.78 is 16.5. The fraction of sp³-hybridized carbons (Fsp3) is 0.360. The zero-order valence-corrected chi connectivity index (χ0v) is 18.6. The third kappa shape index (κ3) is 4.56. The maximum absolute atomic E-state index is 13.1. The number of carbonyl (C=O) groups is 2. The summed E-state index contributed by atoms with van der Waals surface area (Å²) in [6.45, 7) is 1.05. The molecule has 0 aromatic heterocycles. The number of nitrogens with one attached hydrogen (secondary N) is 1. The van der Waals surface area contributed by atoms with Crippen molar-refractivity contribution in [2.45, 2.75) is 19.3 Å². The number of anilines is 1. The number of methoxy groups -OCH3 is 3. The SMILES string of the molecule is COc1cc(OC)c(C2=CCN(C(=O)c3cccc(NC(=O)C4CC4)c3)CC2)c(OC)c1. The highest BCUT2D eigenvalue weighted by Gasteiger charge is 2.30. The van der Waals surface area contributed by atoms with Crippen molar-refractivity contribution < 1.29 is 23.8 Å². The van der Waals surface area contributed by atoms with Gasteiger partial charge in [0.1, 0.15) is 17.2 Å². The summed E-state index contributed by atoms with van der Waals surface area (Å²) in [6.07, 6.45) is 4.59. The van der Waals surface area contributed by atoms with Crippen LogP contribution in [0.15, 0.2) is 42.5 Å². The predicted molar refractivity (Wildman–Crippen MR) is 122 cm³/mol. The molecule has 1 aliphatic carbocycles. The number of hydrogen-bond donors (Lipinski definition) is 1. The van der Waals surface area contributed by atoms with Crippen molar-refractivity contribution in [1.82, 2.24) is 4.90 Å². The Balaban J connectivity index is 1.50. The van der Waals surface area contributed by atoms with Gasteiger partial charge in [-0.15, -0.1) is 0 Å². The molecule has 1 heterocycles. The minimum absolute atomic E-state index is 0.0301. The van der Waals surface area contributed by atoms with Crippen LogP contribution in [0.3, 0.4) is 0 Å². The number of nitrogens with zero attached hydrogens (tertiary/aromatic N) is 1. The van der Waals surface area contributed by atoms with Gasteiger partial charge in [0.25, 0.3) is 5.91 Å². The quantitative estimate of drug-likeness (QED) is 0.710. The third-order valence-corrected chi connectivity index (χ3v) is 5.86. The van der Waals surface area contributed by atoms with Gasteiger partial charge < -0.3 is 24.4 Å². The van der Waals surface area contributed by atoms with Crippen molar-refractivity contribution in [3.63, 3.8) is 0 Å². The lowest BCUT2D eigenvalue weighted by atomic mass is 9.96. The van der Waals surface area contributed by atoms with E-state index in [1.807, 2.05) is 24.3 Å². The highest BCUT2D eigenvalue weighted by molar-refractivity contribution is 5.98. The molecular formula is C25H28N2O5. The highest BCUT2D eigenvalue weighted by atomic mass is 16.5. The Labute approximate surface area is 188 Å². The molecule has 0 unspecified atom stereocenters. The Hall–Kier alpha value is -3.48. The average molecular weight is 437 g/mol. The summed E-state index contributed by atoms with van der Waals surface area (Å²) >= 11 is 0. The minimum atomic E-state index is -0.0588. The van der Waals surface area contributed by atoms with Crippen molar-refractivity contribution in [2.75, 3.05) is 39.7 Å². The van der Waals surface area contributed by atoms with Gasteiger partial charge in [-0.05, 0) is 43.0 Å². The monoisotopic (exact) mass is 436 g/mol. The van der Waals surface area contributed by atoms with Gasteiger partial charge >= 0.3 is 0 Å². The Kier molecular flexibility index (Phi) is 6.35. The zero-order valence-electron chi connectivity index (χ0n) is 18.6. The smallest absolute Gasteiger partial charge is 0.254 e. The van der Waals surface area contributed by atoms with Crippen LogP contribution in [-0.4, -0.2) is 51.1 Å². The van der Waals surface area contributed by atoms with Crippen molar-refractivity contribution in [3.05, 3.63) is 53.6 Å². The van der Waals surface area contributed by atoms with E-state index < -0.39 is 0 Å². The lowest BCUT2D eigenvalue weighted by Gasteiger charge is -2.28. The predicted octanol–water partition coefficient (Wildman–Crippen LogP) is 3.99. The molecule has 4 rings (SSSR count). The summed E-state index contributed by atoms with van der Waals surface area (Å²) in [5.41, 5.74) is 3.17. The summed E-state index contributed by atoms with van der Waals surface area (Å²) in [7, 11) is 4.83. The van der Waals surface area contributed by atoms with Crippen molar-refractivity contribution in [3.8, 4) is 17.2 Å². The topological polar surface area (TPSA) is 77.1 Å². The second-order valence-electron chi connectivity index (χ2n) is 7.98. The molecule has 1 fully saturated rings. The maximum Gasteiger partial charge on any atom is 0.254 e. The molecule has 1 N–H and O–H groups in total. The van der Waals surface area contributed by atoms with Gasteiger partial charge in [0.2, 0.25) is 5.91 Å². The number of rotatable bonds is 7. The number of carbonyl (C=O) groups excluding carboxylic acids is 2. The normalized spacial score (nSPS) is 15.6. The number of amides is 2. The summed E-state index contributed by atoms with van der Waals surface area (Å²) in [5, 5.41) is 2.91. The molecule has 0 saturated heterocycles. The fourth-order valence-electron chi connectivity index (χ4n) is 3.91. The Morgan fingerprint density at radius 2 is 1.72 bits per heavy atom. The number of hydrogen-bond acceptors (Lipinski definition) is 5. The largest absolute Gasteiger partial charge is 0.496 e. The van der Waals surface area contributed by atoms with E-state index in [0.717, 1.165) is 24.0 Å². The second kappa shape index (κ2) is 9.34. The van der Waals surface area contributed by atoms with Crippen molar-refractivity contribution in [1.29, 1.82) is 0 Å². The van der Waals surface area contributed by atoms with Gasteiger partial charge in [0.05, 0.1) is 26.9 Å². The molecule has 32 heavy (non-hydrogen) atoms. The van der Waals surface area contributed by atoms with Gasteiger partial charge in [-0.2, -0.15) is 0 Å². The summed E-state index contributed by atoms with van der Waals surface area (Å²) in [5.74, 6) is 2.09. The van der Waals surface area contributed by atoms with Crippen LogP contribution in [0.4, 0.5) is 5.69 Å². The minimum Gasteiger partial charge on any atom is -0.496 e. The first-order valence-electron chi connectivity index (χ1n) is 10.7. The molecule has 168 valence electrons. The van der Waals surface area contributed by atoms with Gasteiger partial charge in [0.15, 0.2) is 0 Å². The van der Waals surface area contributed by atoms with E-state index >= 15 is 0 Å². The Bertz CT molecular complexity index is 1030. The maximum atomic E-state index is 13.1. The van der Waals surface area contributed by atoms with Gasteiger partial charge in [-0.25, -0.2) is 0 Å². The molecule has 0 atom stereocenters. The molecule has 0 radical (unpaired) electrons. The van der Waals surface area contributed by atoms with Gasteiger partial charge in [-0.3, -0.25) is 9.59 Å². The lowest BCUT2D eigenvalue weighted by molar-refractivity contribution is -0.117. The number of benzene rings is 2. The van der Waals surface area contributed by atoms with E-state index in [1.54, 1.807) is 44.4 Å². The lowest BCUT2D eigenvalue weighted by Crippen LogP contribution is -2.34. The van der Waals surface area contributed by atoms with Crippen LogP contribution in [0.5, 0.6) is 17.2 Å². The Morgan fingerprint density at radius 1 is 1.00 bits per heavy atom. The van der Waals surface area contributed by atoms with Crippen LogP contribution in [0, 0.1) is 5.92 Å². The van der Waals surface area contributed by atoms with E-state index in [9.17, 15) is 9.59 Å². The molecular weight excluding hydrogens is 408 g/mol. The molecule has 2 aromatic rings. The molecule has 2 amide bonds. The molecule has 7 heteroatoms.